The van der Waals surface area contributed by atoms with Crippen LogP contribution in [0.3, 0.4) is 0 Å². The van der Waals surface area contributed by atoms with Gasteiger partial charge in [-0.05, 0) is 54.4 Å². The highest BCUT2D eigenvalue weighted by molar-refractivity contribution is 6.01. The third kappa shape index (κ3) is 5.52. The number of methoxy groups -OCH3 is 1. The number of amides is 2. The maximum atomic E-state index is 13.8. The summed E-state index contributed by atoms with van der Waals surface area (Å²) in [7, 11) is 1.54. The third-order valence-corrected chi connectivity index (χ3v) is 5.55. The van der Waals surface area contributed by atoms with Gasteiger partial charge in [0.1, 0.15) is 23.9 Å². The predicted molar refractivity (Wildman–Crippen MR) is 130 cm³/mol. The second kappa shape index (κ2) is 10.9. The molecule has 8 nitrogen and oxygen atoms in total. The Hall–Kier alpha value is -4.11. The van der Waals surface area contributed by atoms with Gasteiger partial charge in [0.05, 0.1) is 12.1 Å². The molecule has 9 heteroatoms. The van der Waals surface area contributed by atoms with Crippen LogP contribution in [0.15, 0.2) is 72.8 Å². The van der Waals surface area contributed by atoms with Crippen molar-refractivity contribution in [3.8, 4) is 0 Å². The fourth-order valence-corrected chi connectivity index (χ4v) is 3.89. The number of fused-ring (bicyclic) bond motifs is 1. The lowest BCUT2D eigenvalue weighted by Gasteiger charge is -2.32. The van der Waals surface area contributed by atoms with Crippen LogP contribution in [0.4, 0.5) is 10.1 Å². The summed E-state index contributed by atoms with van der Waals surface area (Å²) < 4.78 is 20.3. The highest BCUT2D eigenvalue weighted by Gasteiger charge is 2.33. The number of para-hydroxylation sites is 1. The molecule has 35 heavy (non-hydrogen) atoms. The first-order valence-electron chi connectivity index (χ1n) is 11.2. The standard InChI is InChI=1S/C26H26FN5O3/c1-18-6-5-7-21(16-18)32(24(33)17-31-23-9-4-3-8-22(23)29-30-31)25(26(34)28-14-15-35-2)19-10-12-20(27)13-11-19/h3-13,16,25H,14-15,17H2,1-2H3,(H,28,34)/t25-/m1/s1. The van der Waals surface area contributed by atoms with Crippen molar-refractivity contribution < 1.29 is 18.7 Å². The van der Waals surface area contributed by atoms with Gasteiger partial charge in [-0.25, -0.2) is 9.07 Å². The lowest BCUT2D eigenvalue weighted by atomic mass is 10.0. The van der Waals surface area contributed by atoms with Crippen LogP contribution in [-0.2, 0) is 20.9 Å². The number of nitrogens with zero attached hydrogens (tertiary/aromatic N) is 4. The van der Waals surface area contributed by atoms with Crippen molar-refractivity contribution in [1.29, 1.82) is 0 Å². The van der Waals surface area contributed by atoms with E-state index in [1.165, 1.54) is 41.0 Å². The van der Waals surface area contributed by atoms with E-state index in [0.29, 0.717) is 28.9 Å². The Labute approximate surface area is 202 Å². The number of ether oxygens (including phenoxy) is 1. The van der Waals surface area contributed by atoms with Gasteiger partial charge in [0, 0.05) is 19.3 Å². The zero-order valence-corrected chi connectivity index (χ0v) is 19.5. The zero-order valence-electron chi connectivity index (χ0n) is 19.5. The van der Waals surface area contributed by atoms with Gasteiger partial charge in [0.15, 0.2) is 0 Å². The number of aryl methyl sites for hydroxylation is 1. The number of hydrogen-bond acceptors (Lipinski definition) is 5. The number of carbonyl (C=O) groups is 2. The first kappa shape index (κ1) is 24.0. The van der Waals surface area contributed by atoms with E-state index in [4.69, 9.17) is 4.74 Å². The van der Waals surface area contributed by atoms with Gasteiger partial charge in [0.25, 0.3) is 0 Å². The molecule has 0 aliphatic carbocycles. The Balaban J connectivity index is 1.77. The molecule has 0 spiro atoms. The van der Waals surface area contributed by atoms with Crippen molar-refractivity contribution in [2.75, 3.05) is 25.2 Å². The molecule has 180 valence electrons. The highest BCUT2D eigenvalue weighted by Crippen LogP contribution is 2.29. The van der Waals surface area contributed by atoms with E-state index < -0.39 is 17.8 Å². The summed E-state index contributed by atoms with van der Waals surface area (Å²) in [5.41, 5.74) is 3.29. The topological polar surface area (TPSA) is 89.4 Å². The van der Waals surface area contributed by atoms with Gasteiger partial charge < -0.3 is 10.1 Å². The third-order valence-electron chi connectivity index (χ3n) is 5.55. The van der Waals surface area contributed by atoms with Crippen LogP contribution >= 0.6 is 0 Å². The second-order valence-corrected chi connectivity index (χ2v) is 8.08. The van der Waals surface area contributed by atoms with Crippen molar-refractivity contribution in [1.82, 2.24) is 20.3 Å². The molecule has 0 aliphatic rings. The Morgan fingerprint density at radius 1 is 1.09 bits per heavy atom. The van der Waals surface area contributed by atoms with E-state index >= 15 is 0 Å². The SMILES string of the molecule is COCCNC(=O)[C@@H](c1ccc(F)cc1)N(C(=O)Cn1nnc2ccccc21)c1cccc(C)c1. The van der Waals surface area contributed by atoms with Crippen LogP contribution < -0.4 is 10.2 Å². The van der Waals surface area contributed by atoms with Gasteiger partial charge in [-0.1, -0.05) is 41.6 Å². The normalized spacial score (nSPS) is 11.9. The number of nitrogens with one attached hydrogen (secondary N) is 1. The molecule has 0 saturated heterocycles. The maximum absolute atomic E-state index is 13.8. The van der Waals surface area contributed by atoms with Gasteiger partial charge in [0.2, 0.25) is 11.8 Å². The molecule has 0 fully saturated rings. The van der Waals surface area contributed by atoms with E-state index in [0.717, 1.165) is 5.56 Å². The van der Waals surface area contributed by atoms with E-state index in [1.54, 1.807) is 6.07 Å². The molecule has 0 radical (unpaired) electrons. The van der Waals surface area contributed by atoms with Crippen LogP contribution in [-0.4, -0.2) is 47.1 Å². The van der Waals surface area contributed by atoms with Crippen LogP contribution in [0.1, 0.15) is 17.2 Å². The summed E-state index contributed by atoms with van der Waals surface area (Å²) in [5, 5.41) is 11.1. The number of halogens is 1. The lowest BCUT2D eigenvalue weighted by Crippen LogP contribution is -2.46. The molecule has 1 heterocycles. The van der Waals surface area contributed by atoms with Gasteiger partial charge in [-0.15, -0.1) is 5.10 Å². The Bertz CT molecular complexity index is 1320. The minimum absolute atomic E-state index is 0.141. The summed E-state index contributed by atoms with van der Waals surface area (Å²) in [4.78, 5) is 28.7. The summed E-state index contributed by atoms with van der Waals surface area (Å²) >= 11 is 0. The van der Waals surface area contributed by atoms with Crippen molar-refractivity contribution in [2.24, 2.45) is 0 Å². The minimum atomic E-state index is -1.04. The quantitative estimate of drug-likeness (QED) is 0.375. The largest absolute Gasteiger partial charge is 0.383 e. The zero-order chi connectivity index (χ0) is 24.8. The average Bonchev–Trinajstić information content (AvgIpc) is 3.26. The predicted octanol–water partition coefficient (Wildman–Crippen LogP) is 3.42. The van der Waals surface area contributed by atoms with E-state index in [1.807, 2.05) is 49.4 Å². The summed E-state index contributed by atoms with van der Waals surface area (Å²) in [6, 6.07) is 19.2. The Morgan fingerprint density at radius 2 is 1.86 bits per heavy atom. The number of rotatable bonds is 9. The van der Waals surface area contributed by atoms with Gasteiger partial charge in [-0.3, -0.25) is 14.5 Å². The summed E-state index contributed by atoms with van der Waals surface area (Å²) in [6.07, 6.45) is 0. The van der Waals surface area contributed by atoms with Crippen molar-refractivity contribution in [3.05, 3.63) is 89.7 Å². The molecule has 4 aromatic rings. The van der Waals surface area contributed by atoms with Crippen LogP contribution in [0, 0.1) is 12.7 Å². The van der Waals surface area contributed by atoms with Crippen LogP contribution in [0.2, 0.25) is 0 Å². The Kier molecular flexibility index (Phi) is 7.47. The molecule has 1 aromatic heterocycles. The smallest absolute Gasteiger partial charge is 0.249 e. The molecule has 1 N–H and O–H groups in total. The van der Waals surface area contributed by atoms with E-state index in [2.05, 4.69) is 15.6 Å². The number of aromatic nitrogens is 3. The highest BCUT2D eigenvalue weighted by atomic mass is 19.1. The molecule has 0 aliphatic heterocycles. The molecule has 0 bridgehead atoms. The number of benzene rings is 3. The number of hydrogen-bond donors (Lipinski definition) is 1. The minimum Gasteiger partial charge on any atom is -0.383 e. The lowest BCUT2D eigenvalue weighted by molar-refractivity contribution is -0.127. The molecule has 3 aromatic carbocycles. The summed E-state index contributed by atoms with van der Waals surface area (Å²) in [5.74, 6) is -1.22. The average molecular weight is 476 g/mol. The molecule has 0 unspecified atom stereocenters. The van der Waals surface area contributed by atoms with E-state index in [-0.39, 0.29) is 19.0 Å². The Morgan fingerprint density at radius 3 is 2.60 bits per heavy atom. The molecular weight excluding hydrogens is 449 g/mol. The first-order valence-corrected chi connectivity index (χ1v) is 11.2. The van der Waals surface area contributed by atoms with Crippen molar-refractivity contribution in [3.63, 3.8) is 0 Å². The van der Waals surface area contributed by atoms with Gasteiger partial charge in [-0.2, -0.15) is 0 Å². The summed E-state index contributed by atoms with van der Waals surface area (Å²) in [6.45, 7) is 2.34. The van der Waals surface area contributed by atoms with Crippen LogP contribution in [0.25, 0.3) is 11.0 Å². The molecule has 0 saturated carbocycles. The number of anilines is 1. The van der Waals surface area contributed by atoms with Crippen LogP contribution in [0.5, 0.6) is 0 Å². The molecule has 2 amide bonds. The fourth-order valence-electron chi connectivity index (χ4n) is 3.89. The number of carbonyl (C=O) groups excluding carboxylic acids is 2. The maximum Gasteiger partial charge on any atom is 0.249 e. The van der Waals surface area contributed by atoms with E-state index in [9.17, 15) is 14.0 Å². The monoisotopic (exact) mass is 475 g/mol. The van der Waals surface area contributed by atoms with Gasteiger partial charge >= 0.3 is 0 Å². The fraction of sp³-hybridized carbons (Fsp3) is 0.231. The van der Waals surface area contributed by atoms with Crippen molar-refractivity contribution in [2.45, 2.75) is 19.5 Å². The molecule has 1 atom stereocenters. The first-order chi connectivity index (χ1) is 17.0. The second-order valence-electron chi connectivity index (χ2n) is 8.08. The molecule has 4 rings (SSSR count). The van der Waals surface area contributed by atoms with Crippen molar-refractivity contribution >= 4 is 28.5 Å². The molecular formula is C26H26FN5O3.